The quantitative estimate of drug-likeness (QED) is 0.623. The molecule has 1 heterocycles. The van der Waals surface area contributed by atoms with Gasteiger partial charge in [-0.05, 0) is 12.1 Å². The lowest BCUT2D eigenvalue weighted by atomic mass is 10.0. The van der Waals surface area contributed by atoms with E-state index in [1.807, 2.05) is 0 Å². The van der Waals surface area contributed by atoms with E-state index in [2.05, 4.69) is 5.10 Å². The molecule has 0 radical (unpaired) electrons. The fourth-order valence-corrected chi connectivity index (χ4v) is 2.98. The summed E-state index contributed by atoms with van der Waals surface area (Å²) in [7, 11) is 2.99. The van der Waals surface area contributed by atoms with Gasteiger partial charge in [-0.15, -0.1) is 0 Å². The van der Waals surface area contributed by atoms with Crippen LogP contribution in [-0.2, 0) is 7.05 Å². The molecule has 3 aromatic rings. The number of benzene rings is 2. The first-order valence-electron chi connectivity index (χ1n) is 6.94. The van der Waals surface area contributed by atoms with Crippen LogP contribution in [0.2, 0.25) is 10.2 Å². The average molecular weight is 369 g/mol. The van der Waals surface area contributed by atoms with Crippen LogP contribution in [0.5, 0.6) is 5.75 Å². The van der Waals surface area contributed by atoms with Gasteiger partial charge in [0.2, 0.25) is 0 Å². The molecule has 0 spiro atoms. The third-order valence-electron chi connectivity index (χ3n) is 3.62. The second-order valence-electron chi connectivity index (χ2n) is 5.11. The van der Waals surface area contributed by atoms with Gasteiger partial charge in [0.25, 0.3) is 0 Å². The van der Waals surface area contributed by atoms with Gasteiger partial charge in [-0.1, -0.05) is 35.3 Å². The summed E-state index contributed by atoms with van der Waals surface area (Å²) in [6.45, 7) is 0. The van der Waals surface area contributed by atoms with Gasteiger partial charge in [0.1, 0.15) is 17.4 Å². The SMILES string of the molecule is COc1cc(F)c(-c2c(Cl)nn(C)c2-c2ccc(Cl)cc2)c(F)c1. The minimum atomic E-state index is -0.781. The van der Waals surface area contributed by atoms with Gasteiger partial charge >= 0.3 is 0 Å². The van der Waals surface area contributed by atoms with Crippen molar-refractivity contribution in [3.05, 3.63) is 58.2 Å². The minimum absolute atomic E-state index is 0.00502. The first-order chi connectivity index (χ1) is 11.4. The molecule has 1 aromatic heterocycles. The Morgan fingerprint density at radius 1 is 1.00 bits per heavy atom. The summed E-state index contributed by atoms with van der Waals surface area (Å²) in [6.07, 6.45) is 0. The Morgan fingerprint density at radius 2 is 1.58 bits per heavy atom. The molecule has 0 aliphatic rings. The van der Waals surface area contributed by atoms with Crippen LogP contribution in [0, 0.1) is 11.6 Å². The lowest BCUT2D eigenvalue weighted by molar-refractivity contribution is 0.407. The third-order valence-corrected chi connectivity index (χ3v) is 4.14. The van der Waals surface area contributed by atoms with E-state index in [0.29, 0.717) is 16.3 Å². The molecule has 124 valence electrons. The van der Waals surface area contributed by atoms with E-state index in [1.54, 1.807) is 31.3 Å². The highest BCUT2D eigenvalue weighted by atomic mass is 35.5. The van der Waals surface area contributed by atoms with Gasteiger partial charge in [-0.25, -0.2) is 8.78 Å². The summed E-state index contributed by atoms with van der Waals surface area (Å²) >= 11 is 12.1. The fraction of sp³-hybridized carbons (Fsp3) is 0.118. The van der Waals surface area contributed by atoms with Crippen LogP contribution >= 0.6 is 23.2 Å². The second kappa shape index (κ2) is 6.42. The highest BCUT2D eigenvalue weighted by Gasteiger charge is 2.24. The highest BCUT2D eigenvalue weighted by molar-refractivity contribution is 6.33. The molecule has 2 aromatic carbocycles. The van der Waals surface area contributed by atoms with Crippen LogP contribution in [0.4, 0.5) is 8.78 Å². The largest absolute Gasteiger partial charge is 0.497 e. The van der Waals surface area contributed by atoms with Crippen molar-refractivity contribution < 1.29 is 13.5 Å². The molecule has 7 heteroatoms. The molecule has 24 heavy (non-hydrogen) atoms. The van der Waals surface area contributed by atoms with Crippen LogP contribution < -0.4 is 4.74 Å². The van der Waals surface area contributed by atoms with E-state index in [9.17, 15) is 8.78 Å². The summed E-state index contributed by atoms with van der Waals surface area (Å²) in [5, 5.41) is 4.65. The van der Waals surface area contributed by atoms with Gasteiger partial charge in [-0.3, -0.25) is 4.68 Å². The number of aromatic nitrogens is 2. The van der Waals surface area contributed by atoms with Crippen molar-refractivity contribution in [3.63, 3.8) is 0 Å². The van der Waals surface area contributed by atoms with Crippen molar-refractivity contribution in [3.8, 4) is 28.1 Å². The predicted octanol–water partition coefficient (Wildman–Crippen LogP) is 5.35. The normalized spacial score (nSPS) is 10.9. The lowest BCUT2D eigenvalue weighted by Crippen LogP contribution is -1.97. The maximum atomic E-state index is 14.5. The van der Waals surface area contributed by atoms with Gasteiger partial charge in [0.05, 0.1) is 23.9 Å². The second-order valence-corrected chi connectivity index (χ2v) is 5.91. The number of ether oxygens (including phenoxy) is 1. The van der Waals surface area contributed by atoms with Gasteiger partial charge in [-0.2, -0.15) is 5.10 Å². The maximum Gasteiger partial charge on any atom is 0.159 e. The average Bonchev–Trinajstić information content (AvgIpc) is 2.82. The van der Waals surface area contributed by atoms with Crippen molar-refractivity contribution in [2.75, 3.05) is 7.11 Å². The summed E-state index contributed by atoms with van der Waals surface area (Å²) in [4.78, 5) is 0. The van der Waals surface area contributed by atoms with Crippen LogP contribution in [0.25, 0.3) is 22.4 Å². The molecular formula is C17H12Cl2F2N2O. The Labute approximate surface area is 147 Å². The molecule has 0 bridgehead atoms. The first-order valence-corrected chi connectivity index (χ1v) is 7.69. The zero-order valence-corrected chi connectivity index (χ0v) is 14.3. The van der Waals surface area contributed by atoms with Gasteiger partial charge in [0.15, 0.2) is 5.15 Å². The van der Waals surface area contributed by atoms with Crippen molar-refractivity contribution >= 4 is 23.2 Å². The summed E-state index contributed by atoms with van der Waals surface area (Å²) in [5.41, 5.74) is 1.10. The van der Waals surface area contributed by atoms with E-state index in [4.69, 9.17) is 27.9 Å². The summed E-state index contributed by atoms with van der Waals surface area (Å²) < 4.78 is 35.3. The minimum Gasteiger partial charge on any atom is -0.497 e. The molecule has 0 amide bonds. The van der Waals surface area contributed by atoms with E-state index in [0.717, 1.165) is 12.1 Å². The van der Waals surface area contributed by atoms with Crippen molar-refractivity contribution in [1.29, 1.82) is 0 Å². The van der Waals surface area contributed by atoms with Crippen molar-refractivity contribution in [2.24, 2.45) is 7.05 Å². The number of aryl methyl sites for hydroxylation is 1. The molecule has 0 aliphatic carbocycles. The van der Waals surface area contributed by atoms with Gasteiger partial charge in [0, 0.05) is 29.8 Å². The monoisotopic (exact) mass is 368 g/mol. The van der Waals surface area contributed by atoms with Crippen molar-refractivity contribution in [1.82, 2.24) is 9.78 Å². The van der Waals surface area contributed by atoms with Gasteiger partial charge < -0.3 is 4.74 Å². The third kappa shape index (κ3) is 2.85. The topological polar surface area (TPSA) is 27.1 Å². The summed E-state index contributed by atoms with van der Waals surface area (Å²) in [5.74, 6) is -1.48. The number of nitrogens with zero attached hydrogens (tertiary/aromatic N) is 2. The number of hydrogen-bond donors (Lipinski definition) is 0. The molecule has 0 fully saturated rings. The Bertz CT molecular complexity index is 885. The number of rotatable bonds is 3. The van der Waals surface area contributed by atoms with Crippen molar-refractivity contribution in [2.45, 2.75) is 0 Å². The zero-order valence-electron chi connectivity index (χ0n) is 12.8. The fourth-order valence-electron chi connectivity index (χ4n) is 2.56. The van der Waals surface area contributed by atoms with E-state index >= 15 is 0 Å². The highest BCUT2D eigenvalue weighted by Crippen LogP contribution is 2.41. The predicted molar refractivity (Wildman–Crippen MR) is 90.6 cm³/mol. The molecule has 0 aliphatic heterocycles. The molecule has 3 rings (SSSR count). The van der Waals surface area contributed by atoms with E-state index in [-0.39, 0.29) is 22.0 Å². The number of methoxy groups -OCH3 is 1. The number of halogens is 4. The van der Waals surface area contributed by atoms with Crippen LogP contribution in [-0.4, -0.2) is 16.9 Å². The molecule has 0 N–H and O–H groups in total. The Balaban J connectivity index is 2.28. The van der Waals surface area contributed by atoms with Crippen LogP contribution in [0.15, 0.2) is 36.4 Å². The molecule has 0 unspecified atom stereocenters. The molecule has 0 saturated carbocycles. The Kier molecular flexibility index (Phi) is 4.47. The van der Waals surface area contributed by atoms with Crippen LogP contribution in [0.1, 0.15) is 0 Å². The molecular weight excluding hydrogens is 357 g/mol. The molecule has 3 nitrogen and oxygen atoms in total. The molecule has 0 saturated heterocycles. The Morgan fingerprint density at radius 3 is 2.12 bits per heavy atom. The summed E-state index contributed by atoms with van der Waals surface area (Å²) in [6, 6.07) is 9.04. The van der Waals surface area contributed by atoms with Crippen LogP contribution in [0.3, 0.4) is 0 Å². The zero-order chi connectivity index (χ0) is 17.4. The molecule has 0 atom stereocenters. The van der Waals surface area contributed by atoms with E-state index in [1.165, 1.54) is 11.8 Å². The Hall–Kier alpha value is -2.11. The smallest absolute Gasteiger partial charge is 0.159 e. The standard InChI is InChI=1S/C17H12Cl2F2N2O/c1-23-16(9-3-5-10(18)6-4-9)15(17(19)22-23)14-12(20)7-11(24-2)8-13(14)21/h3-8H,1-2H3. The lowest BCUT2D eigenvalue weighted by Gasteiger charge is -2.10. The number of hydrogen-bond acceptors (Lipinski definition) is 2. The first kappa shape index (κ1) is 16.7. The van der Waals surface area contributed by atoms with E-state index < -0.39 is 11.6 Å². The maximum absolute atomic E-state index is 14.5.